The van der Waals surface area contributed by atoms with Crippen LogP contribution in [0.4, 0.5) is 5.69 Å². The molecular weight excluding hydrogens is 312 g/mol. The smallest absolute Gasteiger partial charge is 0.0629 e. The highest BCUT2D eigenvalue weighted by Crippen LogP contribution is 2.22. The van der Waals surface area contributed by atoms with Gasteiger partial charge in [0.15, 0.2) is 0 Å². The van der Waals surface area contributed by atoms with Gasteiger partial charge >= 0.3 is 0 Å². The van der Waals surface area contributed by atoms with Gasteiger partial charge < -0.3 is 4.98 Å². The third-order valence-corrected chi connectivity index (χ3v) is 4.72. The molecule has 0 saturated heterocycles. The molecule has 1 N–H and O–H groups in total. The maximum absolute atomic E-state index is 5.77. The summed E-state index contributed by atoms with van der Waals surface area (Å²) in [6, 6.07) is 14.6. The van der Waals surface area contributed by atoms with Crippen LogP contribution in [0, 0.1) is 25.3 Å². The summed E-state index contributed by atoms with van der Waals surface area (Å²) in [5.41, 5.74) is 7.90. The summed E-state index contributed by atoms with van der Waals surface area (Å²) in [6.07, 6.45) is 0.763. The number of hydrogen-bond donors (Lipinski definition) is 1. The Morgan fingerprint density at radius 1 is 1.00 bits per heavy atom. The van der Waals surface area contributed by atoms with Gasteiger partial charge in [0.05, 0.1) is 10.2 Å². The molecule has 0 atom stereocenters. The zero-order valence-electron chi connectivity index (χ0n) is 14.6. The van der Waals surface area contributed by atoms with Crippen LogP contribution in [0.15, 0.2) is 47.5 Å². The Bertz CT molecular complexity index is 979. The van der Waals surface area contributed by atoms with Crippen LogP contribution < -0.4 is 0 Å². The average Bonchev–Trinajstić information content (AvgIpc) is 2.54. The second kappa shape index (κ2) is 6.70. The fraction of sp³-hybridized carbons (Fsp3) is 0.238. The van der Waals surface area contributed by atoms with E-state index in [0.717, 1.165) is 44.5 Å². The van der Waals surface area contributed by atoms with E-state index in [1.807, 2.05) is 0 Å². The van der Waals surface area contributed by atoms with Crippen LogP contribution in [-0.2, 0) is 6.42 Å². The molecule has 3 aromatic rings. The number of aromatic nitrogens is 1. The molecule has 0 fully saturated rings. The molecule has 2 aromatic carbocycles. The van der Waals surface area contributed by atoms with Crippen molar-refractivity contribution in [3.63, 3.8) is 0 Å². The molecule has 0 aliphatic carbocycles. The molecule has 0 radical (unpaired) electrons. The highest BCUT2D eigenvalue weighted by atomic mass is 32.1. The van der Waals surface area contributed by atoms with Crippen molar-refractivity contribution >= 4 is 34.5 Å². The lowest BCUT2D eigenvalue weighted by atomic mass is 10.0. The van der Waals surface area contributed by atoms with Crippen molar-refractivity contribution in [2.45, 2.75) is 34.1 Å². The lowest BCUT2D eigenvalue weighted by Crippen LogP contribution is -2.03. The second-order valence-electron chi connectivity index (χ2n) is 6.47. The Morgan fingerprint density at radius 3 is 2.38 bits per heavy atom. The minimum atomic E-state index is 0.763. The monoisotopic (exact) mass is 334 g/mol. The number of aryl methyl sites for hydroxylation is 3. The van der Waals surface area contributed by atoms with Gasteiger partial charge in [0.2, 0.25) is 0 Å². The number of hydrogen-bond acceptors (Lipinski definition) is 2. The number of H-pyrrole nitrogens is 1. The van der Waals surface area contributed by atoms with Gasteiger partial charge in [-0.25, -0.2) is 0 Å². The Kier molecular flexibility index (Phi) is 4.63. The van der Waals surface area contributed by atoms with Crippen LogP contribution in [0.2, 0.25) is 0 Å². The first-order valence-corrected chi connectivity index (χ1v) is 8.58. The highest BCUT2D eigenvalue weighted by molar-refractivity contribution is 7.71. The fourth-order valence-electron chi connectivity index (χ4n) is 2.91. The number of aliphatic imine (C=N–C) groups is 1. The van der Waals surface area contributed by atoms with Gasteiger partial charge in [0.25, 0.3) is 0 Å². The third-order valence-electron chi connectivity index (χ3n) is 4.26. The molecule has 3 heteroatoms. The molecular formula is C21H22N2S. The molecule has 0 bridgehead atoms. The van der Waals surface area contributed by atoms with Crippen molar-refractivity contribution in [1.29, 1.82) is 0 Å². The van der Waals surface area contributed by atoms with Crippen molar-refractivity contribution in [2.24, 2.45) is 4.99 Å². The first-order chi connectivity index (χ1) is 11.4. The lowest BCUT2D eigenvalue weighted by molar-refractivity contribution is 1.14. The number of benzene rings is 2. The van der Waals surface area contributed by atoms with Crippen LogP contribution in [0.5, 0.6) is 0 Å². The average molecular weight is 334 g/mol. The van der Waals surface area contributed by atoms with E-state index >= 15 is 0 Å². The Morgan fingerprint density at radius 2 is 1.67 bits per heavy atom. The summed E-state index contributed by atoms with van der Waals surface area (Å²) in [4.78, 5) is 8.21. The molecule has 1 heterocycles. The van der Waals surface area contributed by atoms with Gasteiger partial charge in [-0.1, -0.05) is 41.5 Å². The quantitative estimate of drug-likeness (QED) is 0.451. The number of nitrogens with one attached hydrogen (secondary N) is 1. The van der Waals surface area contributed by atoms with Crippen molar-refractivity contribution in [1.82, 2.24) is 4.98 Å². The summed E-state index contributed by atoms with van der Waals surface area (Å²) in [7, 11) is 0. The lowest BCUT2D eigenvalue weighted by Gasteiger charge is -2.10. The van der Waals surface area contributed by atoms with Gasteiger partial charge in [-0.05, 0) is 57.5 Å². The van der Waals surface area contributed by atoms with E-state index in [9.17, 15) is 0 Å². The van der Waals surface area contributed by atoms with Crippen LogP contribution in [0.1, 0.15) is 29.3 Å². The van der Waals surface area contributed by atoms with Crippen molar-refractivity contribution in [3.05, 3.63) is 69.4 Å². The van der Waals surface area contributed by atoms with Crippen molar-refractivity contribution < 1.29 is 0 Å². The first-order valence-electron chi connectivity index (χ1n) is 8.17. The largest absolute Gasteiger partial charge is 0.358 e. The van der Waals surface area contributed by atoms with Gasteiger partial charge in [-0.2, -0.15) is 0 Å². The standard InChI is InChI=1S/C21H22N2S/c1-13-5-8-17(9-6-13)22-15(3)12-18-16(4)23-20-10-7-14(2)11-19(20)21(18)24/h5-11H,12H2,1-4H3,(H,23,24). The minimum Gasteiger partial charge on any atom is -0.358 e. The van der Waals surface area contributed by atoms with Crippen LogP contribution in [0.3, 0.4) is 0 Å². The van der Waals surface area contributed by atoms with Gasteiger partial charge in [-0.15, -0.1) is 0 Å². The molecule has 0 aliphatic heterocycles. The molecule has 122 valence electrons. The first kappa shape index (κ1) is 16.6. The summed E-state index contributed by atoms with van der Waals surface area (Å²) < 4.78 is 0.934. The van der Waals surface area contributed by atoms with E-state index in [2.05, 4.69) is 75.1 Å². The minimum absolute atomic E-state index is 0.763. The fourth-order valence-corrected chi connectivity index (χ4v) is 3.31. The number of fused-ring (bicyclic) bond motifs is 1. The van der Waals surface area contributed by atoms with Crippen molar-refractivity contribution in [2.75, 3.05) is 0 Å². The summed E-state index contributed by atoms with van der Waals surface area (Å²) >= 11 is 5.77. The molecule has 3 rings (SSSR count). The zero-order valence-corrected chi connectivity index (χ0v) is 15.4. The maximum Gasteiger partial charge on any atom is 0.0629 e. The van der Waals surface area contributed by atoms with E-state index in [1.165, 1.54) is 11.1 Å². The number of aromatic amines is 1. The number of rotatable bonds is 3. The summed E-state index contributed by atoms with van der Waals surface area (Å²) in [5.74, 6) is 0. The molecule has 24 heavy (non-hydrogen) atoms. The van der Waals surface area contributed by atoms with Crippen LogP contribution in [-0.4, -0.2) is 10.7 Å². The predicted octanol–water partition coefficient (Wildman–Crippen LogP) is 6.16. The van der Waals surface area contributed by atoms with E-state index in [-0.39, 0.29) is 0 Å². The Hall–Kier alpha value is -2.26. The maximum atomic E-state index is 5.77. The van der Waals surface area contributed by atoms with E-state index in [0.29, 0.717) is 0 Å². The highest BCUT2D eigenvalue weighted by Gasteiger charge is 2.08. The normalized spacial score (nSPS) is 11.9. The number of nitrogens with zero attached hydrogens (tertiary/aromatic N) is 1. The van der Waals surface area contributed by atoms with Gasteiger partial charge in [-0.3, -0.25) is 4.99 Å². The Labute approximate surface area is 148 Å². The molecule has 2 nitrogen and oxygen atoms in total. The molecule has 0 unspecified atom stereocenters. The van der Waals surface area contributed by atoms with Gasteiger partial charge in [0, 0.05) is 28.7 Å². The topological polar surface area (TPSA) is 28.1 Å². The SMILES string of the molecule is CC(Cc1c(C)[nH]c2ccc(C)cc2c1=S)=Nc1ccc(C)cc1. The second-order valence-corrected chi connectivity index (χ2v) is 6.87. The molecule has 1 aromatic heterocycles. The zero-order chi connectivity index (χ0) is 17.3. The molecule has 0 saturated carbocycles. The van der Waals surface area contributed by atoms with E-state index in [4.69, 9.17) is 17.2 Å². The van der Waals surface area contributed by atoms with Crippen LogP contribution >= 0.6 is 12.2 Å². The predicted molar refractivity (Wildman–Crippen MR) is 106 cm³/mol. The molecule has 0 spiro atoms. The van der Waals surface area contributed by atoms with E-state index < -0.39 is 0 Å². The third kappa shape index (κ3) is 3.46. The Balaban J connectivity index is 2.00. The molecule has 0 amide bonds. The van der Waals surface area contributed by atoms with Crippen LogP contribution in [0.25, 0.3) is 10.9 Å². The number of pyridine rings is 1. The van der Waals surface area contributed by atoms with Gasteiger partial charge in [0.1, 0.15) is 0 Å². The summed E-state index contributed by atoms with van der Waals surface area (Å²) in [6.45, 7) is 8.33. The summed E-state index contributed by atoms with van der Waals surface area (Å²) in [5, 5.41) is 1.12. The van der Waals surface area contributed by atoms with E-state index in [1.54, 1.807) is 0 Å². The molecule has 0 aliphatic rings. The van der Waals surface area contributed by atoms with Crippen molar-refractivity contribution in [3.8, 4) is 0 Å².